The zero-order valence-electron chi connectivity index (χ0n) is 13.0. The van der Waals surface area contributed by atoms with Crippen LogP contribution in [0.2, 0.25) is 0 Å². The van der Waals surface area contributed by atoms with E-state index in [9.17, 15) is 4.79 Å². The Morgan fingerprint density at radius 2 is 2.13 bits per heavy atom. The molecule has 1 aliphatic heterocycles. The lowest BCUT2D eigenvalue weighted by atomic mass is 9.88. The molecular weight excluding hydrogens is 290 g/mol. The first-order valence-corrected chi connectivity index (χ1v) is 7.72. The number of nitrogens with zero attached hydrogens (tertiary/aromatic N) is 1. The van der Waals surface area contributed by atoms with Gasteiger partial charge in [0.1, 0.15) is 6.61 Å². The number of carbonyl (C=O) groups excluding carboxylic acids is 1. The van der Waals surface area contributed by atoms with Crippen LogP contribution in [0.5, 0.6) is 0 Å². The maximum Gasteiger partial charge on any atom is 0.307 e. The van der Waals surface area contributed by atoms with Gasteiger partial charge >= 0.3 is 5.97 Å². The number of esters is 1. The summed E-state index contributed by atoms with van der Waals surface area (Å²) < 4.78 is 5.06. The van der Waals surface area contributed by atoms with Gasteiger partial charge in [-0.25, -0.2) is 0 Å². The lowest BCUT2D eigenvalue weighted by Crippen LogP contribution is -2.24. The summed E-state index contributed by atoms with van der Waals surface area (Å²) in [4.78, 5) is 17.1. The zero-order valence-corrected chi connectivity index (χ0v) is 13.0. The quantitative estimate of drug-likeness (QED) is 0.636. The fraction of sp³-hybridized carbons (Fsp3) is 0.368. The molecule has 0 bridgehead atoms. The first-order chi connectivity index (χ1) is 11.3. The maximum atomic E-state index is 11.9. The summed E-state index contributed by atoms with van der Waals surface area (Å²) in [5, 5.41) is 4.12. The van der Waals surface area contributed by atoms with Gasteiger partial charge in [-0.1, -0.05) is 41.0 Å². The smallest absolute Gasteiger partial charge is 0.307 e. The standard InChI is InChI=1S/C19H17NO3/c1-2-22-18(21)12-16-11-10-15-7-4-3-6-14(15)8-5-9-17-13-23-20-19(16)17/h3-4,6-7,16-17H,2,9,12-13H2,1H3/t16-,17+/m0/s1. The van der Waals surface area contributed by atoms with E-state index in [4.69, 9.17) is 9.57 Å². The molecule has 1 aromatic rings. The van der Waals surface area contributed by atoms with Crippen LogP contribution in [0.25, 0.3) is 0 Å². The highest BCUT2D eigenvalue weighted by Crippen LogP contribution is 2.23. The van der Waals surface area contributed by atoms with Crippen molar-refractivity contribution in [3.8, 4) is 23.7 Å². The molecule has 0 N–H and O–H groups in total. The Morgan fingerprint density at radius 3 is 2.91 bits per heavy atom. The molecule has 1 heterocycles. The monoisotopic (exact) mass is 307 g/mol. The Labute approximate surface area is 135 Å². The van der Waals surface area contributed by atoms with Crippen molar-refractivity contribution in [2.24, 2.45) is 17.0 Å². The van der Waals surface area contributed by atoms with Crippen molar-refractivity contribution in [1.29, 1.82) is 0 Å². The summed E-state index contributed by atoms with van der Waals surface area (Å²) >= 11 is 0. The minimum atomic E-state index is -0.297. The molecule has 0 aromatic heterocycles. The summed E-state index contributed by atoms with van der Waals surface area (Å²) in [5.74, 6) is 12.2. The third-order valence-electron chi connectivity index (χ3n) is 3.78. The van der Waals surface area contributed by atoms with E-state index >= 15 is 0 Å². The Hall–Kier alpha value is -2.72. The Balaban J connectivity index is 1.96. The van der Waals surface area contributed by atoms with Crippen LogP contribution in [0, 0.1) is 35.5 Å². The van der Waals surface area contributed by atoms with Gasteiger partial charge in [0.15, 0.2) is 0 Å². The number of fused-ring (bicyclic) bond motifs is 2. The predicted octanol–water partition coefficient (Wildman–Crippen LogP) is 2.37. The van der Waals surface area contributed by atoms with Crippen LogP contribution in [-0.4, -0.2) is 24.9 Å². The summed E-state index contributed by atoms with van der Waals surface area (Å²) in [5.41, 5.74) is 2.58. The predicted molar refractivity (Wildman–Crippen MR) is 86.4 cm³/mol. The molecular formula is C19H17NO3. The van der Waals surface area contributed by atoms with Crippen LogP contribution in [0.3, 0.4) is 0 Å². The van der Waals surface area contributed by atoms with E-state index in [0.717, 1.165) is 16.8 Å². The molecule has 0 saturated carbocycles. The van der Waals surface area contributed by atoms with Crippen molar-refractivity contribution in [3.05, 3.63) is 35.4 Å². The van der Waals surface area contributed by atoms with Gasteiger partial charge in [-0.05, 0) is 19.1 Å². The van der Waals surface area contributed by atoms with Gasteiger partial charge < -0.3 is 9.57 Å². The molecule has 2 aliphatic rings. The molecule has 0 spiro atoms. The number of rotatable bonds is 3. The second kappa shape index (κ2) is 7.03. The lowest BCUT2D eigenvalue weighted by molar-refractivity contribution is -0.143. The van der Waals surface area contributed by atoms with Crippen LogP contribution >= 0.6 is 0 Å². The highest BCUT2D eigenvalue weighted by Gasteiger charge is 2.31. The molecule has 23 heavy (non-hydrogen) atoms. The van der Waals surface area contributed by atoms with Crippen molar-refractivity contribution in [2.75, 3.05) is 13.2 Å². The minimum absolute atomic E-state index is 0.0847. The topological polar surface area (TPSA) is 47.9 Å². The second-order valence-electron chi connectivity index (χ2n) is 5.39. The van der Waals surface area contributed by atoms with Crippen molar-refractivity contribution >= 4 is 11.7 Å². The number of oxime groups is 1. The SMILES string of the molecule is CCOC(=O)C[C@@H]1C#Cc2ccccc2C#CC[C@@H]2CON=C21. The van der Waals surface area contributed by atoms with E-state index < -0.39 is 0 Å². The molecule has 116 valence electrons. The number of benzene rings is 1. The summed E-state index contributed by atoms with van der Waals surface area (Å²) in [6.45, 7) is 2.65. The first kappa shape index (κ1) is 15.2. The van der Waals surface area contributed by atoms with Crippen molar-refractivity contribution in [1.82, 2.24) is 0 Å². The van der Waals surface area contributed by atoms with Gasteiger partial charge in [0.05, 0.1) is 24.7 Å². The second-order valence-corrected chi connectivity index (χ2v) is 5.39. The highest BCUT2D eigenvalue weighted by molar-refractivity contribution is 5.94. The minimum Gasteiger partial charge on any atom is -0.466 e. The van der Waals surface area contributed by atoms with E-state index in [1.165, 1.54) is 0 Å². The summed E-state index contributed by atoms with van der Waals surface area (Å²) in [6.07, 6.45) is 0.837. The third kappa shape index (κ3) is 3.55. The van der Waals surface area contributed by atoms with Crippen LogP contribution < -0.4 is 0 Å². The van der Waals surface area contributed by atoms with Gasteiger partial charge in [-0.2, -0.15) is 0 Å². The van der Waals surface area contributed by atoms with E-state index in [1.54, 1.807) is 6.92 Å². The molecule has 2 atom stereocenters. The third-order valence-corrected chi connectivity index (χ3v) is 3.78. The number of ether oxygens (including phenoxy) is 1. The van der Waals surface area contributed by atoms with Crippen LogP contribution in [-0.2, 0) is 14.4 Å². The molecule has 0 unspecified atom stereocenters. The van der Waals surface area contributed by atoms with Gasteiger partial charge in [-0.3, -0.25) is 4.79 Å². The molecule has 4 nitrogen and oxygen atoms in total. The molecule has 0 amide bonds. The zero-order chi connectivity index (χ0) is 16.1. The van der Waals surface area contributed by atoms with E-state index in [-0.39, 0.29) is 24.2 Å². The number of carbonyl (C=O) groups is 1. The van der Waals surface area contributed by atoms with Gasteiger partial charge in [0.25, 0.3) is 0 Å². The van der Waals surface area contributed by atoms with Crippen LogP contribution in [0.1, 0.15) is 30.9 Å². The van der Waals surface area contributed by atoms with Crippen molar-refractivity contribution in [2.45, 2.75) is 19.8 Å². The Morgan fingerprint density at radius 1 is 1.35 bits per heavy atom. The summed E-state index contributed by atoms with van der Waals surface area (Å²) in [7, 11) is 0. The largest absolute Gasteiger partial charge is 0.466 e. The first-order valence-electron chi connectivity index (χ1n) is 7.72. The summed E-state index contributed by atoms with van der Waals surface area (Å²) in [6, 6.07) is 7.77. The van der Waals surface area contributed by atoms with Crippen LogP contribution in [0.4, 0.5) is 0 Å². The molecule has 4 heteroatoms. The number of hydrogen-bond acceptors (Lipinski definition) is 4. The maximum absolute atomic E-state index is 11.9. The number of hydrogen-bond donors (Lipinski definition) is 0. The molecule has 1 aromatic carbocycles. The average Bonchev–Trinajstić information content (AvgIpc) is 3.01. The molecule has 0 radical (unpaired) electrons. The van der Waals surface area contributed by atoms with Gasteiger partial charge in [-0.15, -0.1) is 0 Å². The Kier molecular flexibility index (Phi) is 4.64. The van der Waals surface area contributed by atoms with Crippen molar-refractivity contribution < 1.29 is 14.4 Å². The molecule has 0 fully saturated rings. The van der Waals surface area contributed by atoms with E-state index in [0.29, 0.717) is 19.6 Å². The fourth-order valence-corrected chi connectivity index (χ4v) is 2.62. The van der Waals surface area contributed by atoms with Gasteiger partial charge in [0, 0.05) is 23.5 Å². The Bertz CT molecular complexity index is 758. The van der Waals surface area contributed by atoms with E-state index in [1.807, 2.05) is 24.3 Å². The van der Waals surface area contributed by atoms with Gasteiger partial charge in [0.2, 0.25) is 0 Å². The van der Waals surface area contributed by atoms with Crippen LogP contribution in [0.15, 0.2) is 29.4 Å². The molecule has 3 rings (SSSR count). The average molecular weight is 307 g/mol. The molecule has 0 saturated heterocycles. The van der Waals surface area contributed by atoms with Crippen molar-refractivity contribution in [3.63, 3.8) is 0 Å². The molecule has 1 aliphatic carbocycles. The highest BCUT2D eigenvalue weighted by atomic mass is 16.6. The lowest BCUT2D eigenvalue weighted by Gasteiger charge is -2.14. The normalized spacial score (nSPS) is 21.2. The fourth-order valence-electron chi connectivity index (χ4n) is 2.62. The van der Waals surface area contributed by atoms with E-state index in [2.05, 4.69) is 28.8 Å².